The minimum atomic E-state index is -0.225. The van der Waals surface area contributed by atoms with Gasteiger partial charge in [0.05, 0.1) is 22.5 Å². The molecule has 26 heavy (non-hydrogen) atoms. The Morgan fingerprint density at radius 2 is 2.35 bits per heavy atom. The molecule has 0 spiro atoms. The average molecular weight is 370 g/mol. The predicted molar refractivity (Wildman–Crippen MR) is 98.3 cm³/mol. The second-order valence-corrected chi connectivity index (χ2v) is 7.11. The first-order valence-corrected chi connectivity index (χ1v) is 9.13. The largest absolute Gasteiger partial charge is 0.508 e. The second kappa shape index (κ2) is 7.27. The van der Waals surface area contributed by atoms with Crippen molar-refractivity contribution in [2.75, 3.05) is 19.7 Å². The lowest BCUT2D eigenvalue weighted by Crippen LogP contribution is -2.54. The van der Waals surface area contributed by atoms with Crippen LogP contribution in [0.15, 0.2) is 42.7 Å². The van der Waals surface area contributed by atoms with Gasteiger partial charge in [-0.3, -0.25) is 9.78 Å². The number of phenols is 1. The molecule has 2 aromatic heterocycles. The summed E-state index contributed by atoms with van der Waals surface area (Å²) < 4.78 is 6.74. The topological polar surface area (TPSA) is 87.6 Å². The first-order chi connectivity index (χ1) is 12.7. The van der Waals surface area contributed by atoms with Crippen molar-refractivity contribution in [3.8, 4) is 11.5 Å². The predicted octanol–water partition coefficient (Wildman–Crippen LogP) is 1.95. The number of aromatic hydroxyl groups is 1. The van der Waals surface area contributed by atoms with E-state index in [4.69, 9.17) is 4.74 Å². The summed E-state index contributed by atoms with van der Waals surface area (Å²) in [5.74, 6) is 0.892. The number of piperazine rings is 1. The van der Waals surface area contributed by atoms with Crippen molar-refractivity contribution in [2.24, 2.45) is 0 Å². The summed E-state index contributed by atoms with van der Waals surface area (Å²) in [4.78, 5) is 22.1. The highest BCUT2D eigenvalue weighted by Crippen LogP contribution is 2.34. The van der Waals surface area contributed by atoms with Crippen LogP contribution < -0.4 is 10.1 Å². The first-order valence-electron chi connectivity index (χ1n) is 8.31. The summed E-state index contributed by atoms with van der Waals surface area (Å²) in [7, 11) is 0. The molecule has 2 N–H and O–H groups in total. The molecule has 1 aromatic carbocycles. The Labute approximate surface area is 154 Å². The van der Waals surface area contributed by atoms with E-state index in [0.717, 1.165) is 21.6 Å². The van der Waals surface area contributed by atoms with Gasteiger partial charge in [-0.25, -0.2) is 4.98 Å². The molecule has 1 aliphatic rings. The number of hydrogen-bond acceptors (Lipinski definition) is 7. The van der Waals surface area contributed by atoms with Gasteiger partial charge in [-0.05, 0) is 30.3 Å². The number of ether oxygens (including phenoxy) is 1. The van der Waals surface area contributed by atoms with E-state index in [2.05, 4.69) is 15.3 Å². The molecule has 0 bridgehead atoms. The summed E-state index contributed by atoms with van der Waals surface area (Å²) >= 11 is 1.48. The molecular weight excluding hydrogens is 352 g/mol. The van der Waals surface area contributed by atoms with Gasteiger partial charge in [-0.15, -0.1) is 11.3 Å². The van der Waals surface area contributed by atoms with Gasteiger partial charge in [0, 0.05) is 19.3 Å². The van der Waals surface area contributed by atoms with Gasteiger partial charge >= 0.3 is 0 Å². The molecule has 1 fully saturated rings. The number of nitrogens with one attached hydrogen (secondary N) is 1. The van der Waals surface area contributed by atoms with Crippen LogP contribution >= 0.6 is 11.3 Å². The fourth-order valence-corrected chi connectivity index (χ4v) is 4.31. The van der Waals surface area contributed by atoms with E-state index in [-0.39, 0.29) is 17.8 Å². The first kappa shape index (κ1) is 16.7. The van der Waals surface area contributed by atoms with Crippen LogP contribution in [0.2, 0.25) is 0 Å². The highest BCUT2D eigenvalue weighted by Gasteiger charge is 2.34. The van der Waals surface area contributed by atoms with Crippen molar-refractivity contribution in [2.45, 2.75) is 12.1 Å². The fourth-order valence-electron chi connectivity index (χ4n) is 3.12. The zero-order valence-corrected chi connectivity index (χ0v) is 14.7. The van der Waals surface area contributed by atoms with Gasteiger partial charge in [-0.2, -0.15) is 0 Å². The van der Waals surface area contributed by atoms with E-state index in [1.807, 2.05) is 12.1 Å². The second-order valence-electron chi connectivity index (χ2n) is 6.05. The normalized spacial score (nSPS) is 20.2. The number of phenolic OH excluding ortho intramolecular Hbond substituents is 1. The number of aromatic nitrogens is 2. The smallest absolute Gasteiger partial charge is 0.210 e. The Balaban J connectivity index is 1.61. The average Bonchev–Trinajstić information content (AvgIpc) is 3.09. The van der Waals surface area contributed by atoms with Crippen LogP contribution in [0.1, 0.15) is 11.0 Å². The molecule has 3 heterocycles. The maximum absolute atomic E-state index is 11.6. The van der Waals surface area contributed by atoms with Crippen molar-refractivity contribution in [3.63, 3.8) is 0 Å². The van der Waals surface area contributed by atoms with Gasteiger partial charge < -0.3 is 20.1 Å². The SMILES string of the molecule is O=CN1CCNC(COc2cccnc2)C1c1nc2ccc(O)cc2s1. The Kier molecular flexibility index (Phi) is 4.68. The molecule has 8 heteroatoms. The Morgan fingerprint density at radius 1 is 1.42 bits per heavy atom. The molecule has 134 valence electrons. The van der Waals surface area contributed by atoms with Gasteiger partial charge in [0.25, 0.3) is 0 Å². The molecule has 0 aliphatic carbocycles. The zero-order chi connectivity index (χ0) is 17.9. The number of amides is 1. The Hall–Kier alpha value is -2.71. The fraction of sp³-hybridized carbons (Fsp3) is 0.278. The maximum atomic E-state index is 11.6. The monoisotopic (exact) mass is 370 g/mol. The van der Waals surface area contributed by atoms with Crippen LogP contribution in [-0.4, -0.2) is 52.1 Å². The van der Waals surface area contributed by atoms with Gasteiger partial charge in [-0.1, -0.05) is 0 Å². The number of rotatable bonds is 5. The lowest BCUT2D eigenvalue weighted by molar-refractivity contribution is -0.122. The van der Waals surface area contributed by atoms with Gasteiger partial charge in [0.2, 0.25) is 6.41 Å². The standard InChI is InChI=1S/C18H18N4O3S/c23-11-22-7-6-20-15(10-25-13-2-1-5-19-9-13)17(22)18-21-14-4-3-12(24)8-16(14)26-18/h1-5,8-9,11,15,17,20,24H,6-7,10H2. The van der Waals surface area contributed by atoms with E-state index in [1.54, 1.807) is 35.5 Å². The molecule has 7 nitrogen and oxygen atoms in total. The van der Waals surface area contributed by atoms with Crippen LogP contribution in [0, 0.1) is 0 Å². The summed E-state index contributed by atoms with van der Waals surface area (Å²) in [6.45, 7) is 1.70. The summed E-state index contributed by atoms with van der Waals surface area (Å²) in [6, 6.07) is 8.44. The lowest BCUT2D eigenvalue weighted by Gasteiger charge is -2.38. The van der Waals surface area contributed by atoms with E-state index < -0.39 is 0 Å². The molecule has 2 unspecified atom stereocenters. The number of carbonyl (C=O) groups excluding carboxylic acids is 1. The molecule has 1 amide bonds. The van der Waals surface area contributed by atoms with E-state index in [9.17, 15) is 9.90 Å². The number of fused-ring (bicyclic) bond motifs is 1. The third-order valence-corrected chi connectivity index (χ3v) is 5.44. The molecule has 4 rings (SSSR count). The molecule has 1 saturated heterocycles. The molecule has 3 aromatic rings. The van der Waals surface area contributed by atoms with Gasteiger partial charge in [0.15, 0.2) is 0 Å². The van der Waals surface area contributed by atoms with Crippen molar-refractivity contribution in [1.29, 1.82) is 0 Å². The minimum Gasteiger partial charge on any atom is -0.508 e. The van der Waals surface area contributed by atoms with Crippen LogP contribution in [0.25, 0.3) is 10.2 Å². The summed E-state index contributed by atoms with van der Waals surface area (Å²) in [6.07, 6.45) is 4.22. The summed E-state index contributed by atoms with van der Waals surface area (Å²) in [5.41, 5.74) is 0.811. The quantitative estimate of drug-likeness (QED) is 0.668. The Bertz CT molecular complexity index is 902. The van der Waals surface area contributed by atoms with Crippen LogP contribution in [0.4, 0.5) is 0 Å². The number of carbonyl (C=O) groups is 1. The molecule has 0 radical (unpaired) electrons. The molecule has 2 atom stereocenters. The zero-order valence-electron chi connectivity index (χ0n) is 13.9. The van der Waals surface area contributed by atoms with Crippen LogP contribution in [0.5, 0.6) is 11.5 Å². The molecular formula is C18H18N4O3S. The van der Waals surface area contributed by atoms with E-state index in [0.29, 0.717) is 25.4 Å². The summed E-state index contributed by atoms with van der Waals surface area (Å²) in [5, 5.41) is 13.9. The lowest BCUT2D eigenvalue weighted by atomic mass is 10.1. The van der Waals surface area contributed by atoms with Crippen molar-refractivity contribution in [3.05, 3.63) is 47.7 Å². The van der Waals surface area contributed by atoms with Crippen molar-refractivity contribution in [1.82, 2.24) is 20.2 Å². The highest BCUT2D eigenvalue weighted by atomic mass is 32.1. The maximum Gasteiger partial charge on any atom is 0.210 e. The van der Waals surface area contributed by atoms with Crippen molar-refractivity contribution >= 4 is 28.0 Å². The molecule has 1 aliphatic heterocycles. The number of pyridine rings is 1. The third-order valence-electron chi connectivity index (χ3n) is 4.36. The number of benzene rings is 1. The van der Waals surface area contributed by atoms with Crippen molar-refractivity contribution < 1.29 is 14.6 Å². The van der Waals surface area contributed by atoms with Gasteiger partial charge in [0.1, 0.15) is 29.2 Å². The number of thiazole rings is 1. The molecule has 0 saturated carbocycles. The third kappa shape index (κ3) is 3.33. The van der Waals surface area contributed by atoms with E-state index in [1.165, 1.54) is 11.3 Å². The van der Waals surface area contributed by atoms with Crippen LogP contribution in [-0.2, 0) is 4.79 Å². The minimum absolute atomic E-state index is 0.0942. The highest BCUT2D eigenvalue weighted by molar-refractivity contribution is 7.18. The van der Waals surface area contributed by atoms with Crippen LogP contribution in [0.3, 0.4) is 0 Å². The number of hydrogen-bond donors (Lipinski definition) is 2. The van der Waals surface area contributed by atoms with E-state index >= 15 is 0 Å². The Morgan fingerprint density at radius 3 is 3.15 bits per heavy atom. The number of nitrogens with zero attached hydrogens (tertiary/aromatic N) is 3.